The van der Waals surface area contributed by atoms with E-state index in [0.717, 1.165) is 6.42 Å². The van der Waals surface area contributed by atoms with Crippen LogP contribution in [0.25, 0.3) is 0 Å². The Labute approximate surface area is 85.3 Å². The van der Waals surface area contributed by atoms with Gasteiger partial charge in [0.25, 0.3) is 0 Å². The number of ether oxygens (including phenoxy) is 1. The first-order valence-electron chi connectivity index (χ1n) is 4.18. The zero-order valence-electron chi connectivity index (χ0n) is 8.51. The minimum atomic E-state index is 0.197. The first-order valence-corrected chi connectivity index (χ1v) is 5.82. The first-order chi connectivity index (χ1) is 5.44. The van der Waals surface area contributed by atoms with Crippen LogP contribution in [0.4, 0.5) is 0 Å². The molecule has 0 amide bonds. The summed E-state index contributed by atoms with van der Waals surface area (Å²) in [5, 5.41) is 0. The second-order valence-corrected chi connectivity index (χ2v) is 4.96. The van der Waals surface area contributed by atoms with Gasteiger partial charge in [0.15, 0.2) is 0 Å². The molecule has 0 aromatic heterocycles. The van der Waals surface area contributed by atoms with Gasteiger partial charge in [0.2, 0.25) is 4.38 Å². The molecular weight excluding hydrogens is 188 g/mol. The molecule has 0 aliphatic heterocycles. The maximum Gasteiger partial charge on any atom is 0.219 e. The Morgan fingerprint density at radius 3 is 2.42 bits per heavy atom. The predicted molar refractivity (Wildman–Crippen MR) is 60.7 cm³/mol. The Bertz CT molecular complexity index is 155. The summed E-state index contributed by atoms with van der Waals surface area (Å²) in [5.74, 6) is 0. The van der Waals surface area contributed by atoms with Crippen LogP contribution in [0, 0.1) is 5.41 Å². The summed E-state index contributed by atoms with van der Waals surface area (Å²) < 4.78 is 6.19. The van der Waals surface area contributed by atoms with Gasteiger partial charge < -0.3 is 4.74 Å². The Hall–Kier alpha value is 0.240. The molecule has 72 valence electrons. The Kier molecular flexibility index (Phi) is 5.18. The van der Waals surface area contributed by atoms with Crippen molar-refractivity contribution in [2.45, 2.75) is 40.2 Å². The normalized spacial score (nSPS) is 14.1. The lowest BCUT2D eigenvalue weighted by atomic mass is 9.85. The van der Waals surface area contributed by atoms with Gasteiger partial charge in [-0.1, -0.05) is 32.5 Å². The predicted octanol–water partition coefficient (Wildman–Crippen LogP) is 3.48. The van der Waals surface area contributed by atoms with Gasteiger partial charge in [-0.05, 0) is 31.8 Å². The molecule has 0 heterocycles. The number of thiocarbonyl (C=S) groups is 1. The van der Waals surface area contributed by atoms with Crippen molar-refractivity contribution >= 4 is 28.4 Å². The van der Waals surface area contributed by atoms with E-state index in [-0.39, 0.29) is 11.5 Å². The average molecular weight is 206 g/mol. The van der Waals surface area contributed by atoms with Crippen LogP contribution < -0.4 is 0 Å². The Balaban J connectivity index is 4.02. The highest BCUT2D eigenvalue weighted by Crippen LogP contribution is 2.27. The fraction of sp³-hybridized carbons (Fsp3) is 0.889. The molecular formula is C9H18OS2. The molecule has 0 aromatic rings. The largest absolute Gasteiger partial charge is 0.475 e. The molecule has 0 N–H and O–H groups in total. The van der Waals surface area contributed by atoms with Crippen molar-refractivity contribution in [2.24, 2.45) is 5.41 Å². The van der Waals surface area contributed by atoms with E-state index in [2.05, 4.69) is 27.7 Å². The summed E-state index contributed by atoms with van der Waals surface area (Å²) in [6.07, 6.45) is 3.24. The van der Waals surface area contributed by atoms with E-state index in [9.17, 15) is 0 Å². The molecule has 0 fully saturated rings. The van der Waals surface area contributed by atoms with E-state index in [0.29, 0.717) is 4.38 Å². The summed E-state index contributed by atoms with van der Waals surface area (Å²) in [6.45, 7) is 8.63. The number of hydrogen-bond acceptors (Lipinski definition) is 3. The van der Waals surface area contributed by atoms with Crippen molar-refractivity contribution in [3.63, 3.8) is 0 Å². The van der Waals surface area contributed by atoms with E-state index < -0.39 is 0 Å². The summed E-state index contributed by atoms with van der Waals surface area (Å²) >= 11 is 6.48. The summed E-state index contributed by atoms with van der Waals surface area (Å²) in [5.41, 5.74) is 0.208. The van der Waals surface area contributed by atoms with Crippen molar-refractivity contribution in [3.8, 4) is 0 Å². The maximum atomic E-state index is 5.55. The van der Waals surface area contributed by atoms with Crippen LogP contribution >= 0.6 is 24.0 Å². The van der Waals surface area contributed by atoms with E-state index >= 15 is 0 Å². The molecule has 1 unspecified atom stereocenters. The third kappa shape index (κ3) is 3.76. The standard InChI is InChI=1S/C9H18OS2/c1-6-9(3,4)7(2)10-8(11)12-5/h7H,6H2,1-5H3. The van der Waals surface area contributed by atoms with Gasteiger partial charge in [0.1, 0.15) is 6.10 Å². The third-order valence-electron chi connectivity index (χ3n) is 2.45. The van der Waals surface area contributed by atoms with E-state index in [4.69, 9.17) is 17.0 Å². The highest BCUT2D eigenvalue weighted by molar-refractivity contribution is 8.22. The van der Waals surface area contributed by atoms with Gasteiger partial charge >= 0.3 is 0 Å². The van der Waals surface area contributed by atoms with E-state index in [1.54, 1.807) is 0 Å². The lowest BCUT2D eigenvalue weighted by Crippen LogP contribution is -2.29. The van der Waals surface area contributed by atoms with Crippen molar-refractivity contribution in [3.05, 3.63) is 0 Å². The van der Waals surface area contributed by atoms with Crippen LogP contribution in [0.15, 0.2) is 0 Å². The minimum absolute atomic E-state index is 0.197. The summed E-state index contributed by atoms with van der Waals surface area (Å²) in [4.78, 5) is 0. The van der Waals surface area contributed by atoms with Crippen LogP contribution in [0.2, 0.25) is 0 Å². The fourth-order valence-corrected chi connectivity index (χ4v) is 1.02. The monoisotopic (exact) mass is 206 g/mol. The Morgan fingerprint density at radius 1 is 1.58 bits per heavy atom. The highest BCUT2D eigenvalue weighted by atomic mass is 32.2. The van der Waals surface area contributed by atoms with Crippen LogP contribution in [-0.4, -0.2) is 16.7 Å². The van der Waals surface area contributed by atoms with Crippen molar-refractivity contribution < 1.29 is 4.74 Å². The number of rotatable bonds is 3. The highest BCUT2D eigenvalue weighted by Gasteiger charge is 2.25. The number of hydrogen-bond donors (Lipinski definition) is 0. The molecule has 0 bridgehead atoms. The lowest BCUT2D eigenvalue weighted by Gasteiger charge is -2.30. The van der Waals surface area contributed by atoms with Gasteiger partial charge in [0.05, 0.1) is 0 Å². The van der Waals surface area contributed by atoms with Crippen molar-refractivity contribution in [2.75, 3.05) is 6.26 Å². The molecule has 0 saturated heterocycles. The van der Waals surface area contributed by atoms with Crippen LogP contribution in [0.5, 0.6) is 0 Å². The van der Waals surface area contributed by atoms with Crippen molar-refractivity contribution in [1.82, 2.24) is 0 Å². The zero-order valence-corrected chi connectivity index (χ0v) is 10.1. The third-order valence-corrected chi connectivity index (χ3v) is 3.48. The molecule has 0 rings (SSSR count). The van der Waals surface area contributed by atoms with Crippen LogP contribution in [0.3, 0.4) is 0 Å². The molecule has 0 spiro atoms. The van der Waals surface area contributed by atoms with Crippen LogP contribution in [-0.2, 0) is 4.74 Å². The summed E-state index contributed by atoms with van der Waals surface area (Å²) in [7, 11) is 0. The van der Waals surface area contributed by atoms with E-state index in [1.807, 2.05) is 6.26 Å². The minimum Gasteiger partial charge on any atom is -0.475 e. The van der Waals surface area contributed by atoms with Gasteiger partial charge in [-0.15, -0.1) is 0 Å². The van der Waals surface area contributed by atoms with Crippen molar-refractivity contribution in [1.29, 1.82) is 0 Å². The quantitative estimate of drug-likeness (QED) is 0.654. The SMILES string of the molecule is CCC(C)(C)C(C)OC(=S)SC. The second kappa shape index (κ2) is 5.07. The van der Waals surface area contributed by atoms with Gasteiger partial charge in [0, 0.05) is 5.41 Å². The topological polar surface area (TPSA) is 9.23 Å². The molecule has 12 heavy (non-hydrogen) atoms. The molecule has 0 aliphatic rings. The molecule has 1 nitrogen and oxygen atoms in total. The number of thioether (sulfide) groups is 1. The first kappa shape index (κ1) is 12.2. The van der Waals surface area contributed by atoms with Gasteiger partial charge in [-0.25, -0.2) is 0 Å². The molecule has 1 atom stereocenters. The average Bonchev–Trinajstić information content (AvgIpc) is 2.04. The van der Waals surface area contributed by atoms with Crippen LogP contribution in [0.1, 0.15) is 34.1 Å². The second-order valence-electron chi connectivity index (χ2n) is 3.56. The Morgan fingerprint density at radius 2 is 2.08 bits per heavy atom. The summed E-state index contributed by atoms with van der Waals surface area (Å²) in [6, 6.07) is 0. The fourth-order valence-electron chi connectivity index (χ4n) is 0.639. The molecule has 3 heteroatoms. The molecule has 0 saturated carbocycles. The zero-order chi connectivity index (χ0) is 9.78. The lowest BCUT2D eigenvalue weighted by molar-refractivity contribution is 0.0826. The van der Waals surface area contributed by atoms with Gasteiger partial charge in [-0.3, -0.25) is 0 Å². The smallest absolute Gasteiger partial charge is 0.219 e. The van der Waals surface area contributed by atoms with E-state index in [1.165, 1.54) is 11.8 Å². The maximum absolute atomic E-state index is 5.55. The molecule has 0 aliphatic carbocycles. The molecule has 0 radical (unpaired) electrons. The molecule has 0 aromatic carbocycles. The van der Waals surface area contributed by atoms with Gasteiger partial charge in [-0.2, -0.15) is 0 Å².